The Bertz CT molecular complexity index is 707. The maximum absolute atomic E-state index is 4.49. The van der Waals surface area contributed by atoms with E-state index in [2.05, 4.69) is 60.4 Å². The van der Waals surface area contributed by atoms with E-state index in [1.54, 1.807) is 0 Å². The average molecular weight is 277 g/mol. The molecule has 0 amide bonds. The van der Waals surface area contributed by atoms with Crippen LogP contribution in [0.5, 0.6) is 0 Å². The summed E-state index contributed by atoms with van der Waals surface area (Å²) >= 11 is 4.49. The fourth-order valence-corrected chi connectivity index (χ4v) is 2.40. The van der Waals surface area contributed by atoms with Gasteiger partial charge >= 0.3 is 0 Å². The minimum absolute atomic E-state index is 0.940. The molecule has 0 saturated carbocycles. The van der Waals surface area contributed by atoms with Crippen molar-refractivity contribution in [3.05, 3.63) is 78.9 Å². The Morgan fingerprint density at radius 2 is 1.20 bits per heavy atom. The molecule has 3 aromatic rings. The van der Waals surface area contributed by atoms with E-state index >= 15 is 0 Å². The topological polar surface area (TPSA) is 12.0 Å². The molecular formula is C18H15NS. The molecule has 2 heteroatoms. The van der Waals surface area contributed by atoms with Crippen LogP contribution in [0.15, 0.2) is 83.8 Å². The quantitative estimate of drug-likeness (QED) is 0.612. The molecule has 0 spiro atoms. The van der Waals surface area contributed by atoms with Gasteiger partial charge in [0.25, 0.3) is 0 Å². The highest BCUT2D eigenvalue weighted by atomic mass is 32.1. The van der Waals surface area contributed by atoms with Gasteiger partial charge in [0.2, 0.25) is 0 Å². The fourth-order valence-electron chi connectivity index (χ4n) is 2.19. The predicted molar refractivity (Wildman–Crippen MR) is 88.9 cm³/mol. The van der Waals surface area contributed by atoms with Gasteiger partial charge in [-0.3, -0.25) is 0 Å². The van der Waals surface area contributed by atoms with Crippen LogP contribution in [0.2, 0.25) is 0 Å². The minimum atomic E-state index is 0.940. The summed E-state index contributed by atoms with van der Waals surface area (Å²) in [7, 11) is 0. The Kier molecular flexibility index (Phi) is 3.75. The van der Waals surface area contributed by atoms with Gasteiger partial charge in [0.15, 0.2) is 0 Å². The molecule has 0 bridgehead atoms. The summed E-state index contributed by atoms with van der Waals surface area (Å²) in [6.45, 7) is 0. The number of hydrogen-bond donors (Lipinski definition) is 2. The molecule has 3 rings (SSSR count). The van der Waals surface area contributed by atoms with Crippen LogP contribution in [-0.4, -0.2) is 0 Å². The van der Waals surface area contributed by atoms with Gasteiger partial charge in [-0.1, -0.05) is 60.7 Å². The fraction of sp³-hybridized carbons (Fsp3) is 0. The highest BCUT2D eigenvalue weighted by Crippen LogP contribution is 2.31. The monoisotopic (exact) mass is 277 g/mol. The number of benzene rings is 3. The first-order valence-corrected chi connectivity index (χ1v) is 6.99. The first kappa shape index (κ1) is 12.8. The third kappa shape index (κ3) is 2.70. The van der Waals surface area contributed by atoms with Crippen LogP contribution in [0.25, 0.3) is 11.1 Å². The smallest absolute Gasteiger partial charge is 0.0519 e. The normalized spacial score (nSPS) is 10.2. The summed E-state index contributed by atoms with van der Waals surface area (Å²) in [6, 6.07) is 26.7. The van der Waals surface area contributed by atoms with E-state index in [-0.39, 0.29) is 0 Å². The Hall–Kier alpha value is -2.19. The average Bonchev–Trinajstić information content (AvgIpc) is 2.51. The predicted octanol–water partition coefficient (Wildman–Crippen LogP) is 5.39. The third-order valence-corrected chi connectivity index (χ3v) is 3.58. The van der Waals surface area contributed by atoms with Crippen molar-refractivity contribution in [1.82, 2.24) is 0 Å². The van der Waals surface area contributed by atoms with E-state index in [4.69, 9.17) is 0 Å². The molecule has 0 heterocycles. The molecule has 0 fully saturated rings. The molecule has 98 valence electrons. The molecule has 0 aliphatic heterocycles. The maximum Gasteiger partial charge on any atom is 0.0519 e. The van der Waals surface area contributed by atoms with Gasteiger partial charge in [0, 0.05) is 16.1 Å². The Morgan fingerprint density at radius 1 is 0.600 bits per heavy atom. The molecule has 0 unspecified atom stereocenters. The second-order valence-electron chi connectivity index (χ2n) is 4.55. The summed E-state index contributed by atoms with van der Waals surface area (Å²) < 4.78 is 0. The maximum atomic E-state index is 4.49. The second kappa shape index (κ2) is 5.85. The van der Waals surface area contributed by atoms with Crippen LogP contribution < -0.4 is 5.32 Å². The number of nitrogens with one attached hydrogen (secondary N) is 1. The van der Waals surface area contributed by atoms with Crippen molar-refractivity contribution in [3.8, 4) is 11.1 Å². The minimum Gasteiger partial charge on any atom is -0.354 e. The lowest BCUT2D eigenvalue weighted by Crippen LogP contribution is -1.94. The lowest BCUT2D eigenvalue weighted by atomic mass is 10.0. The van der Waals surface area contributed by atoms with Gasteiger partial charge in [0.1, 0.15) is 0 Å². The third-order valence-electron chi connectivity index (χ3n) is 3.19. The van der Waals surface area contributed by atoms with Gasteiger partial charge in [-0.25, -0.2) is 0 Å². The van der Waals surface area contributed by atoms with Gasteiger partial charge in [-0.05, 0) is 23.8 Å². The summed E-state index contributed by atoms with van der Waals surface area (Å²) in [5.41, 5.74) is 4.48. The zero-order chi connectivity index (χ0) is 13.8. The number of thiol groups is 1. The molecule has 0 aliphatic carbocycles. The van der Waals surface area contributed by atoms with E-state index in [1.807, 2.05) is 36.4 Å². The van der Waals surface area contributed by atoms with Gasteiger partial charge < -0.3 is 5.32 Å². The molecular weight excluding hydrogens is 262 g/mol. The van der Waals surface area contributed by atoms with Gasteiger partial charge in [0.05, 0.1) is 5.69 Å². The summed E-state index contributed by atoms with van der Waals surface area (Å²) in [5.74, 6) is 0. The number of hydrogen-bond acceptors (Lipinski definition) is 2. The van der Waals surface area contributed by atoms with Crippen molar-refractivity contribution in [2.24, 2.45) is 0 Å². The van der Waals surface area contributed by atoms with Gasteiger partial charge in [-0.2, -0.15) is 0 Å². The highest BCUT2D eigenvalue weighted by molar-refractivity contribution is 7.80. The van der Waals surface area contributed by atoms with Crippen molar-refractivity contribution in [1.29, 1.82) is 0 Å². The van der Waals surface area contributed by atoms with Gasteiger partial charge in [-0.15, -0.1) is 12.6 Å². The van der Waals surface area contributed by atoms with Crippen LogP contribution in [0, 0.1) is 0 Å². The van der Waals surface area contributed by atoms with Crippen LogP contribution in [0.3, 0.4) is 0 Å². The van der Waals surface area contributed by atoms with E-state index in [9.17, 15) is 0 Å². The molecule has 0 atom stereocenters. The van der Waals surface area contributed by atoms with Crippen LogP contribution >= 0.6 is 12.6 Å². The van der Waals surface area contributed by atoms with E-state index in [1.165, 1.54) is 11.1 Å². The van der Waals surface area contributed by atoms with Crippen LogP contribution in [0.1, 0.15) is 0 Å². The molecule has 0 saturated heterocycles. The molecule has 1 N–H and O–H groups in total. The van der Waals surface area contributed by atoms with E-state index in [0.717, 1.165) is 16.3 Å². The van der Waals surface area contributed by atoms with Crippen molar-refractivity contribution in [2.75, 3.05) is 5.32 Å². The van der Waals surface area contributed by atoms with E-state index in [0.29, 0.717) is 0 Å². The van der Waals surface area contributed by atoms with Crippen molar-refractivity contribution in [2.45, 2.75) is 4.90 Å². The molecule has 3 aromatic carbocycles. The SMILES string of the molecule is Sc1ccccc1Nc1ccccc1-c1ccccc1. The zero-order valence-corrected chi connectivity index (χ0v) is 11.8. The lowest BCUT2D eigenvalue weighted by molar-refractivity contribution is 1.42. The summed E-state index contributed by atoms with van der Waals surface area (Å²) in [5, 5.41) is 3.46. The standard InChI is InChI=1S/C18H15NS/c20-18-13-7-6-12-17(18)19-16-11-5-4-10-15(16)14-8-2-1-3-9-14/h1-13,19-20H. The molecule has 0 aliphatic rings. The van der Waals surface area contributed by atoms with Crippen LogP contribution in [0.4, 0.5) is 11.4 Å². The first-order chi connectivity index (χ1) is 9.84. The van der Waals surface area contributed by atoms with Crippen LogP contribution in [-0.2, 0) is 0 Å². The number of rotatable bonds is 3. The molecule has 1 nitrogen and oxygen atoms in total. The Morgan fingerprint density at radius 3 is 1.95 bits per heavy atom. The zero-order valence-electron chi connectivity index (χ0n) is 11.0. The van der Waals surface area contributed by atoms with Crippen molar-refractivity contribution >= 4 is 24.0 Å². The molecule has 0 aromatic heterocycles. The summed E-state index contributed by atoms with van der Waals surface area (Å²) in [4.78, 5) is 0.940. The Labute approximate surface area is 124 Å². The Balaban J connectivity index is 2.01. The highest BCUT2D eigenvalue weighted by Gasteiger charge is 2.05. The van der Waals surface area contributed by atoms with E-state index < -0.39 is 0 Å². The molecule has 0 radical (unpaired) electrons. The summed E-state index contributed by atoms with van der Waals surface area (Å²) in [6.07, 6.45) is 0. The lowest BCUT2D eigenvalue weighted by Gasteiger charge is -2.13. The van der Waals surface area contributed by atoms with Crippen molar-refractivity contribution < 1.29 is 0 Å². The largest absolute Gasteiger partial charge is 0.354 e. The van der Waals surface area contributed by atoms with Crippen molar-refractivity contribution in [3.63, 3.8) is 0 Å². The second-order valence-corrected chi connectivity index (χ2v) is 5.04. The number of anilines is 2. The first-order valence-electron chi connectivity index (χ1n) is 6.54. The molecule has 20 heavy (non-hydrogen) atoms. The number of para-hydroxylation sites is 2.